The normalized spacial score (nSPS) is 10.3. The molecule has 0 aliphatic carbocycles. The molecule has 2 aromatic rings. The summed E-state index contributed by atoms with van der Waals surface area (Å²) in [6.45, 7) is 1.72. The molecular formula is C13H12O3. The van der Waals surface area contributed by atoms with Gasteiger partial charge < -0.3 is 15.3 Å². The second-order valence-corrected chi connectivity index (χ2v) is 3.71. The molecule has 0 heterocycles. The van der Waals surface area contributed by atoms with Crippen molar-refractivity contribution in [1.82, 2.24) is 0 Å². The average molecular weight is 216 g/mol. The molecule has 0 aliphatic rings. The van der Waals surface area contributed by atoms with Gasteiger partial charge in [-0.3, -0.25) is 0 Å². The Bertz CT molecular complexity index is 492. The van der Waals surface area contributed by atoms with Crippen molar-refractivity contribution in [3.05, 3.63) is 42.0 Å². The minimum Gasteiger partial charge on any atom is -0.508 e. The molecule has 16 heavy (non-hydrogen) atoms. The van der Waals surface area contributed by atoms with Gasteiger partial charge >= 0.3 is 0 Å². The molecule has 82 valence electrons. The summed E-state index contributed by atoms with van der Waals surface area (Å²) < 4.78 is 0. The highest BCUT2D eigenvalue weighted by molar-refractivity contribution is 5.69. The lowest BCUT2D eigenvalue weighted by Crippen LogP contribution is -1.81. The molecule has 0 saturated carbocycles. The molecule has 3 nitrogen and oxygen atoms in total. The van der Waals surface area contributed by atoms with Crippen LogP contribution in [0.5, 0.6) is 17.2 Å². The molecule has 3 N–H and O–H groups in total. The maximum absolute atomic E-state index is 9.50. The van der Waals surface area contributed by atoms with Crippen molar-refractivity contribution >= 4 is 0 Å². The third-order valence-corrected chi connectivity index (χ3v) is 2.48. The van der Waals surface area contributed by atoms with Crippen LogP contribution in [0.1, 0.15) is 5.56 Å². The zero-order valence-electron chi connectivity index (χ0n) is 8.81. The molecule has 2 aromatic carbocycles. The van der Waals surface area contributed by atoms with Crippen LogP contribution in [0.15, 0.2) is 36.4 Å². The van der Waals surface area contributed by atoms with E-state index < -0.39 is 0 Å². The molecule has 0 amide bonds. The summed E-state index contributed by atoms with van der Waals surface area (Å²) in [5.41, 5.74) is 2.28. The highest BCUT2D eigenvalue weighted by Crippen LogP contribution is 2.34. The lowest BCUT2D eigenvalue weighted by Gasteiger charge is -2.07. The van der Waals surface area contributed by atoms with Crippen molar-refractivity contribution in [2.24, 2.45) is 0 Å². The van der Waals surface area contributed by atoms with Gasteiger partial charge in [-0.05, 0) is 47.9 Å². The predicted octanol–water partition coefficient (Wildman–Crippen LogP) is 2.78. The average Bonchev–Trinajstić information content (AvgIpc) is 2.26. The number of phenolic OH excluding ortho intramolecular Hbond substituents is 3. The van der Waals surface area contributed by atoms with Crippen LogP contribution < -0.4 is 0 Å². The van der Waals surface area contributed by atoms with Gasteiger partial charge in [0.1, 0.15) is 5.75 Å². The van der Waals surface area contributed by atoms with Gasteiger partial charge in [0.05, 0.1) is 0 Å². The highest BCUT2D eigenvalue weighted by atomic mass is 16.3. The first-order valence-electron chi connectivity index (χ1n) is 4.90. The molecule has 0 radical (unpaired) electrons. The number of aromatic hydroxyl groups is 3. The third kappa shape index (κ3) is 1.80. The van der Waals surface area contributed by atoms with Gasteiger partial charge in [-0.1, -0.05) is 12.1 Å². The van der Waals surface area contributed by atoms with Gasteiger partial charge in [-0.15, -0.1) is 0 Å². The predicted molar refractivity (Wildman–Crippen MR) is 61.6 cm³/mol. The Balaban J connectivity index is 2.52. The molecular weight excluding hydrogens is 204 g/mol. The van der Waals surface area contributed by atoms with Crippen LogP contribution in [0.25, 0.3) is 11.1 Å². The summed E-state index contributed by atoms with van der Waals surface area (Å²) in [6, 6.07) is 9.93. The Hall–Kier alpha value is -2.16. The molecule has 0 aromatic heterocycles. The summed E-state index contributed by atoms with van der Waals surface area (Å²) >= 11 is 0. The lowest BCUT2D eigenvalue weighted by molar-refractivity contribution is 0.401. The van der Waals surface area contributed by atoms with Crippen molar-refractivity contribution in [2.45, 2.75) is 6.92 Å². The van der Waals surface area contributed by atoms with Crippen LogP contribution in [-0.4, -0.2) is 15.3 Å². The molecule has 0 spiro atoms. The first-order chi connectivity index (χ1) is 7.58. The monoisotopic (exact) mass is 216 g/mol. The Labute approximate surface area is 93.2 Å². The largest absolute Gasteiger partial charge is 0.508 e. The van der Waals surface area contributed by atoms with E-state index in [0.29, 0.717) is 5.56 Å². The van der Waals surface area contributed by atoms with Crippen LogP contribution in [-0.2, 0) is 0 Å². The zero-order valence-corrected chi connectivity index (χ0v) is 8.81. The van der Waals surface area contributed by atoms with Gasteiger partial charge in [-0.25, -0.2) is 0 Å². The van der Waals surface area contributed by atoms with Crippen molar-refractivity contribution in [2.75, 3.05) is 0 Å². The second-order valence-electron chi connectivity index (χ2n) is 3.71. The standard InChI is InChI=1S/C13H12O3/c1-8-6-10(7-12(15)13(8)16)9-2-4-11(14)5-3-9/h2-7,14-16H,1H3. The van der Waals surface area contributed by atoms with Gasteiger partial charge in [0, 0.05) is 0 Å². The number of benzene rings is 2. The van der Waals surface area contributed by atoms with E-state index in [-0.39, 0.29) is 17.2 Å². The van der Waals surface area contributed by atoms with Gasteiger partial charge in [-0.2, -0.15) is 0 Å². The summed E-state index contributed by atoms with van der Waals surface area (Å²) in [6.07, 6.45) is 0. The molecule has 0 fully saturated rings. The number of phenols is 3. The topological polar surface area (TPSA) is 60.7 Å². The SMILES string of the molecule is Cc1cc(-c2ccc(O)cc2)cc(O)c1O. The fourth-order valence-electron chi connectivity index (χ4n) is 1.58. The first-order valence-corrected chi connectivity index (χ1v) is 4.90. The fourth-order valence-corrected chi connectivity index (χ4v) is 1.58. The van der Waals surface area contributed by atoms with E-state index in [1.807, 2.05) is 0 Å². The molecule has 0 bridgehead atoms. The Kier molecular flexibility index (Phi) is 2.44. The molecule has 2 rings (SSSR count). The number of aryl methyl sites for hydroxylation is 1. The fraction of sp³-hybridized carbons (Fsp3) is 0.0769. The first kappa shape index (κ1) is 10.4. The minimum atomic E-state index is -0.136. The van der Waals surface area contributed by atoms with Crippen LogP contribution in [0.4, 0.5) is 0 Å². The van der Waals surface area contributed by atoms with Crippen LogP contribution >= 0.6 is 0 Å². The lowest BCUT2D eigenvalue weighted by atomic mass is 10.0. The summed E-state index contributed by atoms with van der Waals surface area (Å²) in [7, 11) is 0. The van der Waals surface area contributed by atoms with E-state index in [1.165, 1.54) is 6.07 Å². The van der Waals surface area contributed by atoms with Crippen molar-refractivity contribution in [3.8, 4) is 28.4 Å². The van der Waals surface area contributed by atoms with E-state index in [9.17, 15) is 10.2 Å². The molecule has 3 heteroatoms. The van der Waals surface area contributed by atoms with E-state index in [2.05, 4.69) is 0 Å². The van der Waals surface area contributed by atoms with Crippen molar-refractivity contribution < 1.29 is 15.3 Å². The van der Waals surface area contributed by atoms with E-state index in [1.54, 1.807) is 37.3 Å². The summed E-state index contributed by atoms with van der Waals surface area (Å²) in [5, 5.41) is 28.1. The minimum absolute atomic E-state index is 0.0949. The molecule has 0 saturated heterocycles. The maximum Gasteiger partial charge on any atom is 0.160 e. The Morgan fingerprint density at radius 3 is 2.00 bits per heavy atom. The Morgan fingerprint density at radius 1 is 0.812 bits per heavy atom. The quantitative estimate of drug-likeness (QED) is 0.642. The maximum atomic E-state index is 9.50. The van der Waals surface area contributed by atoms with E-state index in [0.717, 1.165) is 11.1 Å². The summed E-state index contributed by atoms with van der Waals surface area (Å²) in [4.78, 5) is 0. The summed E-state index contributed by atoms with van der Waals surface area (Å²) in [5.74, 6) is -0.0333. The van der Waals surface area contributed by atoms with Gasteiger partial charge in [0.2, 0.25) is 0 Å². The molecule has 0 atom stereocenters. The smallest absolute Gasteiger partial charge is 0.160 e. The van der Waals surface area contributed by atoms with Crippen LogP contribution in [0.2, 0.25) is 0 Å². The van der Waals surface area contributed by atoms with Crippen LogP contribution in [0.3, 0.4) is 0 Å². The number of rotatable bonds is 1. The highest BCUT2D eigenvalue weighted by Gasteiger charge is 2.06. The number of hydrogen-bond acceptors (Lipinski definition) is 3. The van der Waals surface area contributed by atoms with Gasteiger partial charge in [0.25, 0.3) is 0 Å². The van der Waals surface area contributed by atoms with Crippen molar-refractivity contribution in [1.29, 1.82) is 0 Å². The third-order valence-electron chi connectivity index (χ3n) is 2.48. The molecule has 0 unspecified atom stereocenters. The molecule has 0 aliphatic heterocycles. The Morgan fingerprint density at radius 2 is 1.44 bits per heavy atom. The zero-order chi connectivity index (χ0) is 11.7. The van der Waals surface area contributed by atoms with Crippen LogP contribution in [0, 0.1) is 6.92 Å². The number of hydrogen-bond donors (Lipinski definition) is 3. The van der Waals surface area contributed by atoms with Gasteiger partial charge in [0.15, 0.2) is 11.5 Å². The van der Waals surface area contributed by atoms with Crippen molar-refractivity contribution in [3.63, 3.8) is 0 Å². The second kappa shape index (κ2) is 3.77. The van der Waals surface area contributed by atoms with E-state index in [4.69, 9.17) is 5.11 Å². The van der Waals surface area contributed by atoms with E-state index >= 15 is 0 Å².